The second kappa shape index (κ2) is 9.17. The van der Waals surface area contributed by atoms with Crippen LogP contribution in [0, 0.1) is 6.92 Å². The summed E-state index contributed by atoms with van der Waals surface area (Å²) in [5.74, 6) is -0.949. The fourth-order valence-corrected chi connectivity index (χ4v) is 3.73. The lowest BCUT2D eigenvalue weighted by Gasteiger charge is -2.23. The van der Waals surface area contributed by atoms with Crippen LogP contribution in [0.1, 0.15) is 18.9 Å². The van der Waals surface area contributed by atoms with Gasteiger partial charge in [0.1, 0.15) is 11.8 Å². The number of benzene rings is 2. The zero-order valence-electron chi connectivity index (χ0n) is 17.5. The van der Waals surface area contributed by atoms with E-state index < -0.39 is 22.0 Å². The van der Waals surface area contributed by atoms with Crippen molar-refractivity contribution in [3.8, 4) is 0 Å². The van der Waals surface area contributed by atoms with Gasteiger partial charge in [0.2, 0.25) is 15.9 Å². The molecule has 0 bridgehead atoms. The second-order valence-corrected chi connectivity index (χ2v) is 8.81. The molecule has 0 saturated carbocycles. The summed E-state index contributed by atoms with van der Waals surface area (Å²) in [5.41, 5.74) is 2.32. The molecule has 1 heterocycles. The minimum Gasteiger partial charge on any atom is -0.461 e. The number of nitrogens with one attached hydrogen (secondary N) is 2. The number of nitrogens with zero attached hydrogens (tertiary/aromatic N) is 2. The molecule has 1 atom stereocenters. The Labute approximate surface area is 181 Å². The number of carbonyl (C=O) groups excluding carboxylic acids is 2. The molecule has 0 spiro atoms. The summed E-state index contributed by atoms with van der Waals surface area (Å²) in [6.45, 7) is 3.66. The lowest BCUT2D eigenvalue weighted by atomic mass is 10.1. The third-order valence-corrected chi connectivity index (χ3v) is 5.14. The number of hydrazone groups is 1. The second-order valence-electron chi connectivity index (χ2n) is 7.06. The average Bonchev–Trinajstić information content (AvgIpc) is 3.16. The normalized spacial score (nSPS) is 15.9. The Morgan fingerprint density at radius 1 is 1.19 bits per heavy atom. The van der Waals surface area contributed by atoms with E-state index in [1.54, 1.807) is 44.2 Å². The Kier molecular flexibility index (Phi) is 6.59. The first kappa shape index (κ1) is 22.3. The van der Waals surface area contributed by atoms with E-state index >= 15 is 0 Å². The first-order valence-corrected chi connectivity index (χ1v) is 11.5. The van der Waals surface area contributed by atoms with Crippen molar-refractivity contribution >= 4 is 44.7 Å². The number of amides is 1. The highest BCUT2D eigenvalue weighted by molar-refractivity contribution is 7.92. The molecule has 10 heteroatoms. The summed E-state index contributed by atoms with van der Waals surface area (Å²) >= 11 is 0. The summed E-state index contributed by atoms with van der Waals surface area (Å²) in [5, 5.41) is 8.60. The zero-order chi connectivity index (χ0) is 22.6. The molecule has 0 aromatic heterocycles. The van der Waals surface area contributed by atoms with E-state index in [1.165, 1.54) is 5.01 Å². The van der Waals surface area contributed by atoms with E-state index in [4.69, 9.17) is 4.74 Å². The fraction of sp³-hybridized carbons (Fsp3) is 0.286. The molecule has 2 aromatic carbocycles. The molecule has 9 nitrogen and oxygen atoms in total. The summed E-state index contributed by atoms with van der Waals surface area (Å²) in [4.78, 5) is 25.3. The summed E-state index contributed by atoms with van der Waals surface area (Å²) in [6, 6.07) is 13.2. The molecule has 0 fully saturated rings. The van der Waals surface area contributed by atoms with Gasteiger partial charge in [0.15, 0.2) is 0 Å². The Morgan fingerprint density at radius 3 is 2.55 bits per heavy atom. The van der Waals surface area contributed by atoms with E-state index in [0.29, 0.717) is 22.6 Å². The van der Waals surface area contributed by atoms with E-state index in [9.17, 15) is 18.0 Å². The summed E-state index contributed by atoms with van der Waals surface area (Å²) < 4.78 is 30.6. The largest absolute Gasteiger partial charge is 0.461 e. The van der Waals surface area contributed by atoms with Gasteiger partial charge in [-0.1, -0.05) is 24.3 Å². The van der Waals surface area contributed by atoms with Gasteiger partial charge >= 0.3 is 5.97 Å². The maximum atomic E-state index is 13.1. The number of ether oxygens (including phenoxy) is 1. The third-order valence-electron chi connectivity index (χ3n) is 4.55. The van der Waals surface area contributed by atoms with Crippen LogP contribution in [0.15, 0.2) is 53.6 Å². The number of sulfonamides is 1. The molecule has 3 rings (SSSR count). The molecule has 31 heavy (non-hydrogen) atoms. The number of para-hydroxylation sites is 1. The number of hydrogen-bond acceptors (Lipinski definition) is 7. The SMILES string of the molecule is CCOC(=O)C1=NN(c2ccccc2)C(C(=O)Nc2ccc(C)c(NS(C)(=O)=O)c2)C1. The van der Waals surface area contributed by atoms with Gasteiger partial charge in [0.25, 0.3) is 0 Å². The van der Waals surface area contributed by atoms with Gasteiger partial charge in [0, 0.05) is 12.1 Å². The van der Waals surface area contributed by atoms with E-state index in [0.717, 1.165) is 6.26 Å². The van der Waals surface area contributed by atoms with E-state index in [2.05, 4.69) is 15.1 Å². The van der Waals surface area contributed by atoms with Crippen LogP contribution in [-0.2, 0) is 24.3 Å². The minimum absolute atomic E-state index is 0.0832. The molecule has 1 aliphatic heterocycles. The Balaban J connectivity index is 1.84. The van der Waals surface area contributed by atoms with Crippen molar-refractivity contribution in [1.29, 1.82) is 0 Å². The van der Waals surface area contributed by atoms with Crippen molar-refractivity contribution in [2.45, 2.75) is 26.3 Å². The lowest BCUT2D eigenvalue weighted by Crippen LogP contribution is -2.38. The Bertz CT molecular complexity index is 1120. The average molecular weight is 445 g/mol. The molecule has 164 valence electrons. The van der Waals surface area contributed by atoms with Crippen LogP contribution in [0.5, 0.6) is 0 Å². The molecule has 0 aliphatic carbocycles. The van der Waals surface area contributed by atoms with Gasteiger partial charge < -0.3 is 10.1 Å². The molecule has 1 unspecified atom stereocenters. The van der Waals surface area contributed by atoms with Crippen LogP contribution in [-0.4, -0.2) is 44.9 Å². The van der Waals surface area contributed by atoms with Gasteiger partial charge in [0.05, 0.1) is 24.2 Å². The number of carbonyl (C=O) groups is 2. The molecule has 2 aromatic rings. The van der Waals surface area contributed by atoms with Crippen LogP contribution >= 0.6 is 0 Å². The topological polar surface area (TPSA) is 117 Å². The molecule has 0 radical (unpaired) electrons. The van der Waals surface area contributed by atoms with E-state index in [-0.39, 0.29) is 24.6 Å². The number of esters is 1. The predicted molar refractivity (Wildman–Crippen MR) is 120 cm³/mol. The van der Waals surface area contributed by atoms with Crippen LogP contribution in [0.4, 0.5) is 17.1 Å². The van der Waals surface area contributed by atoms with Gasteiger partial charge in [-0.2, -0.15) is 5.10 Å². The number of anilines is 3. The summed E-state index contributed by atoms with van der Waals surface area (Å²) in [6.07, 6.45) is 1.14. The lowest BCUT2D eigenvalue weighted by molar-refractivity contribution is -0.135. The predicted octanol–water partition coefficient (Wildman–Crippen LogP) is 2.50. The van der Waals surface area contributed by atoms with Crippen LogP contribution in [0.25, 0.3) is 0 Å². The van der Waals surface area contributed by atoms with Gasteiger partial charge in [-0.05, 0) is 43.7 Å². The fourth-order valence-electron chi connectivity index (χ4n) is 3.11. The number of hydrogen-bond donors (Lipinski definition) is 2. The van der Waals surface area contributed by atoms with Crippen LogP contribution in [0.2, 0.25) is 0 Å². The van der Waals surface area contributed by atoms with Gasteiger partial charge in [-0.3, -0.25) is 14.5 Å². The number of aryl methyl sites for hydroxylation is 1. The third kappa shape index (κ3) is 5.60. The van der Waals surface area contributed by atoms with Crippen molar-refractivity contribution in [2.75, 3.05) is 27.9 Å². The highest BCUT2D eigenvalue weighted by atomic mass is 32.2. The highest BCUT2D eigenvalue weighted by Gasteiger charge is 2.37. The van der Waals surface area contributed by atoms with Crippen molar-refractivity contribution in [1.82, 2.24) is 0 Å². The van der Waals surface area contributed by atoms with Gasteiger partial charge in [-0.15, -0.1) is 0 Å². The molecular weight excluding hydrogens is 420 g/mol. The number of rotatable bonds is 7. The molecule has 1 amide bonds. The van der Waals surface area contributed by atoms with Gasteiger partial charge in [-0.25, -0.2) is 13.2 Å². The van der Waals surface area contributed by atoms with Crippen LogP contribution in [0.3, 0.4) is 0 Å². The van der Waals surface area contributed by atoms with Crippen molar-refractivity contribution < 1.29 is 22.7 Å². The monoisotopic (exact) mass is 444 g/mol. The first-order chi connectivity index (χ1) is 14.7. The van der Waals surface area contributed by atoms with Crippen molar-refractivity contribution in [2.24, 2.45) is 5.10 Å². The molecular formula is C21H24N4O5S. The Morgan fingerprint density at radius 2 is 1.90 bits per heavy atom. The maximum Gasteiger partial charge on any atom is 0.354 e. The van der Waals surface area contributed by atoms with Crippen molar-refractivity contribution in [3.05, 3.63) is 54.1 Å². The first-order valence-electron chi connectivity index (χ1n) is 9.66. The van der Waals surface area contributed by atoms with E-state index in [1.807, 2.05) is 18.2 Å². The smallest absolute Gasteiger partial charge is 0.354 e. The summed E-state index contributed by atoms with van der Waals surface area (Å²) in [7, 11) is -3.47. The minimum atomic E-state index is -3.47. The quantitative estimate of drug-likeness (QED) is 0.634. The van der Waals surface area contributed by atoms with Crippen molar-refractivity contribution in [3.63, 3.8) is 0 Å². The molecule has 0 saturated heterocycles. The van der Waals surface area contributed by atoms with Crippen LogP contribution < -0.4 is 15.0 Å². The highest BCUT2D eigenvalue weighted by Crippen LogP contribution is 2.27. The standard InChI is InChI=1S/C21H24N4O5S/c1-4-30-21(27)18-13-19(25(23-18)16-8-6-5-7-9-16)20(26)22-15-11-10-14(2)17(12-15)24-31(3,28)29/h5-12,19,24H,4,13H2,1-3H3,(H,22,26). The molecule has 2 N–H and O–H groups in total. The Hall–Kier alpha value is -3.40. The zero-order valence-corrected chi connectivity index (χ0v) is 18.3. The maximum absolute atomic E-state index is 13.1. The molecule has 1 aliphatic rings.